The summed E-state index contributed by atoms with van der Waals surface area (Å²) in [6.45, 7) is 6.67. The maximum absolute atomic E-state index is 11.0. The minimum Gasteiger partial charge on any atom is -0.361 e. The molecule has 1 aromatic carbocycles. The molecule has 0 unspecified atom stereocenters. The number of nitro groups is 1. The normalized spacial score (nSPS) is 17.7. The van der Waals surface area contributed by atoms with Crippen LogP contribution in [-0.4, -0.2) is 33.9 Å². The van der Waals surface area contributed by atoms with E-state index in [9.17, 15) is 10.1 Å². The summed E-state index contributed by atoms with van der Waals surface area (Å²) < 4.78 is 0. The minimum atomic E-state index is -0.322. The smallest absolute Gasteiger partial charge is 0.270 e. The number of hydrogen-bond acceptors (Lipinski definition) is 3. The summed E-state index contributed by atoms with van der Waals surface area (Å²) in [6, 6.07) is 5.66. The SMILES string of the molecule is CC(C)N1CCC(c2c[nH]c3ccc([N+](=O)[O-])cc23)CC1. The number of piperidine rings is 1. The molecule has 1 aliphatic heterocycles. The monoisotopic (exact) mass is 287 g/mol. The van der Waals surface area contributed by atoms with Gasteiger partial charge in [0, 0.05) is 35.3 Å². The fourth-order valence-electron chi connectivity index (χ4n) is 3.31. The van der Waals surface area contributed by atoms with Gasteiger partial charge in [-0.05, 0) is 57.3 Å². The number of fused-ring (bicyclic) bond motifs is 1. The van der Waals surface area contributed by atoms with Gasteiger partial charge in [-0.1, -0.05) is 0 Å². The molecule has 1 aliphatic rings. The van der Waals surface area contributed by atoms with Crippen LogP contribution in [0.1, 0.15) is 38.2 Å². The van der Waals surface area contributed by atoms with Crippen LogP contribution < -0.4 is 0 Å². The highest BCUT2D eigenvalue weighted by Gasteiger charge is 2.24. The zero-order chi connectivity index (χ0) is 15.0. The summed E-state index contributed by atoms with van der Waals surface area (Å²) >= 11 is 0. The van der Waals surface area contributed by atoms with E-state index in [1.54, 1.807) is 18.2 Å². The van der Waals surface area contributed by atoms with Crippen molar-refractivity contribution < 1.29 is 4.92 Å². The van der Waals surface area contributed by atoms with Gasteiger partial charge in [-0.3, -0.25) is 10.1 Å². The van der Waals surface area contributed by atoms with E-state index in [1.165, 1.54) is 5.56 Å². The summed E-state index contributed by atoms with van der Waals surface area (Å²) in [7, 11) is 0. The Morgan fingerprint density at radius 3 is 2.67 bits per heavy atom. The van der Waals surface area contributed by atoms with Gasteiger partial charge in [-0.25, -0.2) is 0 Å². The van der Waals surface area contributed by atoms with Crippen molar-refractivity contribution in [3.05, 3.63) is 40.1 Å². The first-order chi connectivity index (χ1) is 10.1. The van der Waals surface area contributed by atoms with Crippen LogP contribution in [0.3, 0.4) is 0 Å². The number of hydrogen-bond donors (Lipinski definition) is 1. The van der Waals surface area contributed by atoms with Crippen molar-refractivity contribution in [2.75, 3.05) is 13.1 Å². The number of benzene rings is 1. The first-order valence-electron chi connectivity index (χ1n) is 7.55. The van der Waals surface area contributed by atoms with Gasteiger partial charge in [-0.2, -0.15) is 0 Å². The fourth-order valence-corrected chi connectivity index (χ4v) is 3.31. The third kappa shape index (κ3) is 2.65. The maximum Gasteiger partial charge on any atom is 0.270 e. The van der Waals surface area contributed by atoms with Crippen molar-refractivity contribution in [1.29, 1.82) is 0 Å². The van der Waals surface area contributed by atoms with E-state index >= 15 is 0 Å². The number of nitrogens with zero attached hydrogens (tertiary/aromatic N) is 2. The van der Waals surface area contributed by atoms with Crippen LogP contribution in [-0.2, 0) is 0 Å². The molecule has 0 amide bonds. The Balaban J connectivity index is 1.87. The van der Waals surface area contributed by atoms with Crippen molar-refractivity contribution in [3.63, 3.8) is 0 Å². The second kappa shape index (κ2) is 5.48. The van der Waals surface area contributed by atoms with E-state index in [4.69, 9.17) is 0 Å². The lowest BCUT2D eigenvalue weighted by atomic mass is 9.88. The minimum absolute atomic E-state index is 0.169. The maximum atomic E-state index is 11.0. The second-order valence-electron chi connectivity index (χ2n) is 6.14. The van der Waals surface area contributed by atoms with Crippen LogP contribution in [0.4, 0.5) is 5.69 Å². The standard InChI is InChI=1S/C16H21N3O2/c1-11(2)18-7-5-12(6-8-18)15-10-17-16-4-3-13(19(20)21)9-14(15)16/h3-4,9-12,17H,5-8H2,1-2H3. The molecule has 5 nitrogen and oxygen atoms in total. The molecule has 5 heteroatoms. The first-order valence-corrected chi connectivity index (χ1v) is 7.55. The van der Waals surface area contributed by atoms with Crippen LogP contribution in [0.25, 0.3) is 10.9 Å². The lowest BCUT2D eigenvalue weighted by Crippen LogP contribution is -2.37. The molecule has 1 N–H and O–H groups in total. The molecule has 0 aliphatic carbocycles. The zero-order valence-corrected chi connectivity index (χ0v) is 12.5. The molecule has 0 saturated carbocycles. The quantitative estimate of drug-likeness (QED) is 0.692. The van der Waals surface area contributed by atoms with Gasteiger partial charge in [0.1, 0.15) is 0 Å². The topological polar surface area (TPSA) is 62.2 Å². The lowest BCUT2D eigenvalue weighted by Gasteiger charge is -2.34. The van der Waals surface area contributed by atoms with Crippen molar-refractivity contribution in [3.8, 4) is 0 Å². The Hall–Kier alpha value is -1.88. The average Bonchev–Trinajstić information content (AvgIpc) is 2.90. The molecule has 0 atom stereocenters. The summed E-state index contributed by atoms with van der Waals surface area (Å²) in [6.07, 6.45) is 4.27. The van der Waals surface area contributed by atoms with Crippen LogP contribution in [0.15, 0.2) is 24.4 Å². The molecule has 2 heterocycles. The van der Waals surface area contributed by atoms with Crippen molar-refractivity contribution in [1.82, 2.24) is 9.88 Å². The number of aromatic amines is 1. The molecule has 1 fully saturated rings. The summed E-state index contributed by atoms with van der Waals surface area (Å²) in [5.41, 5.74) is 2.39. The van der Waals surface area contributed by atoms with E-state index in [-0.39, 0.29) is 10.6 Å². The molecule has 1 saturated heterocycles. The highest BCUT2D eigenvalue weighted by molar-refractivity contribution is 5.85. The Morgan fingerprint density at radius 2 is 2.05 bits per heavy atom. The van der Waals surface area contributed by atoms with Crippen LogP contribution in [0.2, 0.25) is 0 Å². The molecule has 21 heavy (non-hydrogen) atoms. The van der Waals surface area contributed by atoms with Crippen molar-refractivity contribution in [2.45, 2.75) is 38.6 Å². The van der Waals surface area contributed by atoms with Gasteiger partial charge in [0.2, 0.25) is 0 Å². The van der Waals surface area contributed by atoms with Crippen LogP contribution in [0, 0.1) is 10.1 Å². The van der Waals surface area contributed by atoms with Gasteiger partial charge in [0.05, 0.1) is 4.92 Å². The molecule has 3 rings (SSSR count). The third-order valence-electron chi connectivity index (χ3n) is 4.61. The second-order valence-corrected chi connectivity index (χ2v) is 6.14. The summed E-state index contributed by atoms with van der Waals surface area (Å²) in [4.78, 5) is 16.4. The Labute approximate surface area is 124 Å². The van der Waals surface area contributed by atoms with Gasteiger partial charge in [0.25, 0.3) is 5.69 Å². The van der Waals surface area contributed by atoms with Crippen molar-refractivity contribution in [2.24, 2.45) is 0 Å². The number of H-pyrrole nitrogens is 1. The molecule has 0 bridgehead atoms. The van der Waals surface area contributed by atoms with Gasteiger partial charge >= 0.3 is 0 Å². The van der Waals surface area contributed by atoms with Gasteiger partial charge < -0.3 is 9.88 Å². The summed E-state index contributed by atoms with van der Waals surface area (Å²) in [5, 5.41) is 12.0. The highest BCUT2D eigenvalue weighted by atomic mass is 16.6. The predicted molar refractivity (Wildman–Crippen MR) is 83.6 cm³/mol. The fraction of sp³-hybridized carbons (Fsp3) is 0.500. The Morgan fingerprint density at radius 1 is 1.33 bits per heavy atom. The molecule has 112 valence electrons. The molecule has 0 radical (unpaired) electrons. The number of nitrogens with one attached hydrogen (secondary N) is 1. The van der Waals surface area contributed by atoms with E-state index in [1.807, 2.05) is 6.20 Å². The third-order valence-corrected chi connectivity index (χ3v) is 4.61. The number of nitro benzene ring substituents is 1. The average molecular weight is 287 g/mol. The lowest BCUT2D eigenvalue weighted by molar-refractivity contribution is -0.384. The molecule has 2 aromatic rings. The number of likely N-dealkylation sites (tertiary alicyclic amines) is 1. The largest absolute Gasteiger partial charge is 0.361 e. The van der Waals surface area contributed by atoms with Gasteiger partial charge in [-0.15, -0.1) is 0 Å². The number of non-ortho nitro benzene ring substituents is 1. The van der Waals surface area contributed by atoms with E-state index in [2.05, 4.69) is 23.7 Å². The molecule has 0 spiro atoms. The highest BCUT2D eigenvalue weighted by Crippen LogP contribution is 2.34. The molecule has 1 aromatic heterocycles. The van der Waals surface area contributed by atoms with Gasteiger partial charge in [0.15, 0.2) is 0 Å². The van der Waals surface area contributed by atoms with E-state index < -0.39 is 0 Å². The van der Waals surface area contributed by atoms with Crippen LogP contribution in [0.5, 0.6) is 0 Å². The van der Waals surface area contributed by atoms with Crippen LogP contribution >= 0.6 is 0 Å². The summed E-state index contributed by atoms with van der Waals surface area (Å²) in [5.74, 6) is 0.496. The zero-order valence-electron chi connectivity index (χ0n) is 12.5. The molecular weight excluding hydrogens is 266 g/mol. The first kappa shape index (κ1) is 14.1. The van der Waals surface area contributed by atoms with E-state index in [0.717, 1.165) is 36.8 Å². The number of rotatable bonds is 3. The van der Waals surface area contributed by atoms with Crippen molar-refractivity contribution >= 4 is 16.6 Å². The van der Waals surface area contributed by atoms with E-state index in [0.29, 0.717) is 12.0 Å². The Bertz CT molecular complexity index is 655. The Kier molecular flexibility index (Phi) is 3.68. The predicted octanol–water partition coefficient (Wildman–Crippen LogP) is 3.66. The molecular formula is C16H21N3O2. The number of aromatic nitrogens is 1.